The zero-order valence-corrected chi connectivity index (χ0v) is 38.1. The Balaban J connectivity index is 1.04. The maximum absolute atomic E-state index is 5.78. The molecule has 2 nitrogen and oxygen atoms in total. The van der Waals surface area contributed by atoms with Crippen LogP contribution in [-0.4, -0.2) is 0 Å². The second-order valence-electron chi connectivity index (χ2n) is 19.0. The van der Waals surface area contributed by atoms with Crippen molar-refractivity contribution in [3.05, 3.63) is 305 Å². The van der Waals surface area contributed by atoms with Gasteiger partial charge in [-0.2, -0.15) is 0 Å². The third-order valence-electron chi connectivity index (χ3n) is 15.7. The standard InChI is InChI=1S/C67H47NO/c1-5-18-47(19-6-1)66(48-20-7-2-8-21-48)61-31-16-14-27-56(61)59-43-51(34-37-62(59)66)68(64-38-36-53(54-28-17-29-58(54)64)45-32-39-65-46(42-45)40-41-69-65)52-33-35-57-55-26-13-15-30-60(55)67(63(57)44-52,49-22-9-3-10-23-49)50-24-11-4-12-25-50/h1-16,18-27,30-44H,17,28-29H2. The Hall–Kier alpha value is -8.46. The van der Waals surface area contributed by atoms with Gasteiger partial charge in [0.25, 0.3) is 0 Å². The second kappa shape index (κ2) is 15.6. The molecule has 0 spiro atoms. The third-order valence-corrected chi connectivity index (χ3v) is 15.7. The first-order valence-corrected chi connectivity index (χ1v) is 24.4. The highest BCUT2D eigenvalue weighted by Gasteiger charge is 2.48. The molecule has 0 fully saturated rings. The van der Waals surface area contributed by atoms with E-state index in [0.717, 1.165) is 41.6 Å². The molecule has 1 heterocycles. The fourth-order valence-electron chi connectivity index (χ4n) is 12.9. The lowest BCUT2D eigenvalue weighted by atomic mass is 9.67. The molecule has 0 bridgehead atoms. The molecule has 0 amide bonds. The normalized spacial score (nSPS) is 14.4. The van der Waals surface area contributed by atoms with Crippen molar-refractivity contribution in [2.45, 2.75) is 30.1 Å². The lowest BCUT2D eigenvalue weighted by Gasteiger charge is -2.35. The predicted molar refractivity (Wildman–Crippen MR) is 283 cm³/mol. The van der Waals surface area contributed by atoms with Gasteiger partial charge >= 0.3 is 0 Å². The van der Waals surface area contributed by atoms with Gasteiger partial charge in [-0.25, -0.2) is 0 Å². The summed E-state index contributed by atoms with van der Waals surface area (Å²) in [6, 6.07) is 90.9. The van der Waals surface area contributed by atoms with Crippen LogP contribution in [0.4, 0.5) is 17.1 Å². The van der Waals surface area contributed by atoms with E-state index in [2.05, 4.69) is 248 Å². The molecule has 3 aliphatic carbocycles. The van der Waals surface area contributed by atoms with Gasteiger partial charge in [-0.05, 0) is 157 Å². The molecule has 69 heavy (non-hydrogen) atoms. The summed E-state index contributed by atoms with van der Waals surface area (Å²) < 4.78 is 5.78. The number of hydrogen-bond acceptors (Lipinski definition) is 2. The third kappa shape index (κ3) is 5.73. The Kier molecular flexibility index (Phi) is 8.94. The van der Waals surface area contributed by atoms with Gasteiger partial charge in [0, 0.05) is 22.4 Å². The van der Waals surface area contributed by atoms with Gasteiger partial charge in [0.1, 0.15) is 5.58 Å². The van der Waals surface area contributed by atoms with Crippen LogP contribution in [0.5, 0.6) is 0 Å². The Labute approximate surface area is 403 Å². The molecule has 11 aromatic rings. The first kappa shape index (κ1) is 39.7. The van der Waals surface area contributed by atoms with Crippen LogP contribution in [0, 0.1) is 0 Å². The van der Waals surface area contributed by atoms with E-state index in [0.29, 0.717) is 0 Å². The van der Waals surface area contributed by atoms with Crippen LogP contribution < -0.4 is 4.90 Å². The van der Waals surface area contributed by atoms with Crippen molar-refractivity contribution >= 4 is 28.0 Å². The van der Waals surface area contributed by atoms with Gasteiger partial charge in [-0.15, -0.1) is 0 Å². The van der Waals surface area contributed by atoms with Crippen LogP contribution in [0.2, 0.25) is 0 Å². The summed E-state index contributed by atoms with van der Waals surface area (Å²) >= 11 is 0. The molecule has 0 unspecified atom stereocenters. The van der Waals surface area contributed by atoms with E-state index < -0.39 is 10.8 Å². The smallest absolute Gasteiger partial charge is 0.133 e. The highest BCUT2D eigenvalue weighted by atomic mass is 16.3. The van der Waals surface area contributed by atoms with Crippen molar-refractivity contribution in [2.24, 2.45) is 0 Å². The SMILES string of the molecule is c1ccc(C2(c3ccccc3)c3ccccc3-c3cc(N(c4ccc5c(c4)C(c4ccccc4)(c4ccccc4)c4ccccc4-5)c4ccc(-c5ccc6occc6c5)c5c4CCC5)ccc32)cc1. The highest BCUT2D eigenvalue weighted by molar-refractivity contribution is 5.94. The first-order chi connectivity index (χ1) is 34.2. The van der Waals surface area contributed by atoms with Crippen LogP contribution >= 0.6 is 0 Å². The maximum atomic E-state index is 5.78. The average molecular weight is 882 g/mol. The molecule has 3 aliphatic rings. The van der Waals surface area contributed by atoms with Crippen LogP contribution in [0.1, 0.15) is 62.1 Å². The number of furan rings is 1. The first-order valence-electron chi connectivity index (χ1n) is 24.4. The summed E-state index contributed by atoms with van der Waals surface area (Å²) in [6.07, 6.45) is 4.95. The van der Waals surface area contributed by atoms with Gasteiger partial charge in [-0.3, -0.25) is 0 Å². The summed E-state index contributed by atoms with van der Waals surface area (Å²) in [5.41, 5.74) is 24.2. The molecule has 326 valence electrons. The van der Waals surface area contributed by atoms with E-state index >= 15 is 0 Å². The van der Waals surface area contributed by atoms with E-state index in [1.54, 1.807) is 6.26 Å². The number of benzene rings is 10. The summed E-state index contributed by atoms with van der Waals surface area (Å²) in [7, 11) is 0. The number of nitrogens with zero attached hydrogens (tertiary/aromatic N) is 1. The average Bonchev–Trinajstić information content (AvgIpc) is 4.23. The number of anilines is 3. The largest absolute Gasteiger partial charge is 0.464 e. The molecule has 0 atom stereocenters. The lowest BCUT2D eigenvalue weighted by Crippen LogP contribution is -2.29. The fraction of sp³-hybridized carbons (Fsp3) is 0.0746. The minimum atomic E-state index is -0.532. The quantitative estimate of drug-likeness (QED) is 0.151. The Morgan fingerprint density at radius 1 is 0.348 bits per heavy atom. The van der Waals surface area contributed by atoms with Crippen molar-refractivity contribution in [3.8, 4) is 33.4 Å². The van der Waals surface area contributed by atoms with E-state index in [1.165, 1.54) is 94.7 Å². The summed E-state index contributed by atoms with van der Waals surface area (Å²) in [4.78, 5) is 2.59. The zero-order chi connectivity index (χ0) is 45.5. The van der Waals surface area contributed by atoms with Crippen LogP contribution in [0.15, 0.2) is 253 Å². The van der Waals surface area contributed by atoms with Crippen molar-refractivity contribution in [1.29, 1.82) is 0 Å². The Morgan fingerprint density at radius 2 is 0.841 bits per heavy atom. The summed E-state index contributed by atoms with van der Waals surface area (Å²) in [6.45, 7) is 0. The fourth-order valence-corrected chi connectivity index (χ4v) is 12.9. The van der Waals surface area contributed by atoms with Crippen molar-refractivity contribution in [1.82, 2.24) is 0 Å². The highest BCUT2D eigenvalue weighted by Crippen LogP contribution is 2.60. The molecule has 0 radical (unpaired) electrons. The lowest BCUT2D eigenvalue weighted by molar-refractivity contribution is 0.616. The second-order valence-corrected chi connectivity index (χ2v) is 19.0. The van der Waals surface area contributed by atoms with Crippen LogP contribution in [0.25, 0.3) is 44.3 Å². The molecule has 2 heteroatoms. The van der Waals surface area contributed by atoms with Crippen LogP contribution in [-0.2, 0) is 23.7 Å². The molecule has 0 aliphatic heterocycles. The van der Waals surface area contributed by atoms with Crippen molar-refractivity contribution < 1.29 is 4.42 Å². The molecule has 14 rings (SSSR count). The molecule has 0 saturated carbocycles. The maximum Gasteiger partial charge on any atom is 0.133 e. The molecule has 0 saturated heterocycles. The van der Waals surface area contributed by atoms with Gasteiger partial charge in [-0.1, -0.05) is 194 Å². The molecule has 10 aromatic carbocycles. The van der Waals surface area contributed by atoms with Crippen molar-refractivity contribution in [2.75, 3.05) is 4.90 Å². The Morgan fingerprint density at radius 3 is 1.48 bits per heavy atom. The molecular formula is C67H47NO. The molecule has 1 aromatic heterocycles. The minimum Gasteiger partial charge on any atom is -0.464 e. The van der Waals surface area contributed by atoms with Gasteiger partial charge in [0.15, 0.2) is 0 Å². The Bertz CT molecular complexity index is 3680. The summed E-state index contributed by atoms with van der Waals surface area (Å²) in [5, 5.41) is 1.13. The summed E-state index contributed by atoms with van der Waals surface area (Å²) in [5.74, 6) is 0. The molecule has 0 N–H and O–H groups in total. The van der Waals surface area contributed by atoms with E-state index in [9.17, 15) is 0 Å². The van der Waals surface area contributed by atoms with Gasteiger partial charge < -0.3 is 9.32 Å². The van der Waals surface area contributed by atoms with Crippen LogP contribution in [0.3, 0.4) is 0 Å². The number of hydrogen-bond donors (Lipinski definition) is 0. The van der Waals surface area contributed by atoms with E-state index in [1.807, 2.05) is 0 Å². The minimum absolute atomic E-state index is 0.485. The number of fused-ring (bicyclic) bond motifs is 8. The molecular weight excluding hydrogens is 835 g/mol. The zero-order valence-electron chi connectivity index (χ0n) is 38.1. The van der Waals surface area contributed by atoms with E-state index in [4.69, 9.17) is 4.42 Å². The topological polar surface area (TPSA) is 16.4 Å². The van der Waals surface area contributed by atoms with Crippen molar-refractivity contribution in [3.63, 3.8) is 0 Å². The number of rotatable bonds is 8. The predicted octanol–water partition coefficient (Wildman–Crippen LogP) is 16.8. The van der Waals surface area contributed by atoms with E-state index in [-0.39, 0.29) is 0 Å². The van der Waals surface area contributed by atoms with Gasteiger partial charge in [0.05, 0.1) is 17.1 Å². The monoisotopic (exact) mass is 881 g/mol. The van der Waals surface area contributed by atoms with Gasteiger partial charge in [0.2, 0.25) is 0 Å².